The third-order valence-electron chi connectivity index (χ3n) is 4.83. The standard InChI is InChI=1S/C22H23NO2/c1-3-22(25-2,18-12-5-4-6-13-18)16-23-21(24)20-15-9-11-17-10-7-8-14-19(17)20/h4-15H,3,16H2,1-2H3,(H,23,24)/t22-/m1/s1. The zero-order chi connectivity index (χ0) is 17.7. The first-order valence-electron chi connectivity index (χ1n) is 8.57. The molecule has 3 aromatic carbocycles. The van der Waals surface area contributed by atoms with Crippen LogP contribution in [-0.2, 0) is 10.3 Å². The fraction of sp³-hybridized carbons (Fsp3) is 0.227. The van der Waals surface area contributed by atoms with Gasteiger partial charge in [0, 0.05) is 12.7 Å². The summed E-state index contributed by atoms with van der Waals surface area (Å²) in [4.78, 5) is 12.8. The summed E-state index contributed by atoms with van der Waals surface area (Å²) in [5, 5.41) is 5.09. The van der Waals surface area contributed by atoms with E-state index >= 15 is 0 Å². The third-order valence-corrected chi connectivity index (χ3v) is 4.83. The zero-order valence-electron chi connectivity index (χ0n) is 14.7. The smallest absolute Gasteiger partial charge is 0.252 e. The van der Waals surface area contributed by atoms with Crippen molar-refractivity contribution in [3.05, 3.63) is 83.9 Å². The van der Waals surface area contributed by atoms with Crippen LogP contribution in [0.25, 0.3) is 10.8 Å². The first kappa shape index (κ1) is 17.2. The Balaban J connectivity index is 1.85. The number of fused-ring (bicyclic) bond motifs is 1. The van der Waals surface area contributed by atoms with Gasteiger partial charge in [-0.2, -0.15) is 0 Å². The van der Waals surface area contributed by atoms with E-state index < -0.39 is 5.60 Å². The zero-order valence-corrected chi connectivity index (χ0v) is 14.7. The van der Waals surface area contributed by atoms with Gasteiger partial charge < -0.3 is 10.1 Å². The van der Waals surface area contributed by atoms with Crippen LogP contribution in [0.3, 0.4) is 0 Å². The van der Waals surface area contributed by atoms with E-state index in [9.17, 15) is 4.79 Å². The number of nitrogens with one attached hydrogen (secondary N) is 1. The van der Waals surface area contributed by atoms with E-state index in [2.05, 4.69) is 12.2 Å². The van der Waals surface area contributed by atoms with Gasteiger partial charge in [-0.05, 0) is 28.8 Å². The molecule has 0 fully saturated rings. The Morgan fingerprint density at radius 3 is 2.36 bits per heavy atom. The van der Waals surface area contributed by atoms with Gasteiger partial charge in [0.2, 0.25) is 0 Å². The summed E-state index contributed by atoms with van der Waals surface area (Å²) < 4.78 is 5.83. The van der Waals surface area contributed by atoms with Crippen LogP contribution in [0.2, 0.25) is 0 Å². The summed E-state index contributed by atoms with van der Waals surface area (Å²) in [7, 11) is 1.70. The van der Waals surface area contributed by atoms with E-state index in [1.165, 1.54) is 0 Å². The molecule has 1 atom stereocenters. The molecular weight excluding hydrogens is 310 g/mol. The molecule has 0 bridgehead atoms. The largest absolute Gasteiger partial charge is 0.372 e. The van der Waals surface area contributed by atoms with Gasteiger partial charge in [0.05, 0.1) is 6.54 Å². The van der Waals surface area contributed by atoms with Crippen molar-refractivity contribution in [2.45, 2.75) is 18.9 Å². The predicted octanol–water partition coefficient (Wildman–Crippen LogP) is 4.52. The monoisotopic (exact) mass is 333 g/mol. The fourth-order valence-electron chi connectivity index (χ4n) is 3.25. The van der Waals surface area contributed by atoms with Gasteiger partial charge >= 0.3 is 0 Å². The second-order valence-corrected chi connectivity index (χ2v) is 6.13. The van der Waals surface area contributed by atoms with E-state index in [-0.39, 0.29) is 5.91 Å². The van der Waals surface area contributed by atoms with E-state index in [1.54, 1.807) is 7.11 Å². The number of carbonyl (C=O) groups is 1. The molecule has 0 aliphatic heterocycles. The van der Waals surface area contributed by atoms with Gasteiger partial charge in [0.1, 0.15) is 5.60 Å². The normalized spacial score (nSPS) is 13.4. The van der Waals surface area contributed by atoms with Crippen LogP contribution in [-0.4, -0.2) is 19.6 Å². The summed E-state index contributed by atoms with van der Waals surface area (Å²) in [6.45, 7) is 2.49. The van der Waals surface area contributed by atoms with Crippen molar-refractivity contribution in [2.75, 3.05) is 13.7 Å². The Morgan fingerprint density at radius 1 is 0.960 bits per heavy atom. The number of ether oxygens (including phenoxy) is 1. The first-order chi connectivity index (χ1) is 12.2. The SMILES string of the molecule is CC[C@](CNC(=O)c1cccc2ccccc12)(OC)c1ccccc1. The number of benzene rings is 3. The van der Waals surface area contributed by atoms with Gasteiger partial charge in [-0.3, -0.25) is 4.79 Å². The number of rotatable bonds is 6. The average molecular weight is 333 g/mol. The molecule has 1 N–H and O–H groups in total. The highest BCUT2D eigenvalue weighted by Crippen LogP contribution is 2.28. The minimum atomic E-state index is -0.526. The molecule has 0 saturated heterocycles. The summed E-state index contributed by atoms with van der Waals surface area (Å²) in [6, 6.07) is 23.8. The van der Waals surface area contributed by atoms with Crippen LogP contribution in [0.4, 0.5) is 0 Å². The van der Waals surface area contributed by atoms with Crippen molar-refractivity contribution in [1.29, 1.82) is 0 Å². The molecule has 0 spiro atoms. The molecule has 1 amide bonds. The summed E-state index contributed by atoms with van der Waals surface area (Å²) >= 11 is 0. The number of carbonyl (C=O) groups excluding carboxylic acids is 1. The lowest BCUT2D eigenvalue weighted by atomic mass is 9.90. The number of methoxy groups -OCH3 is 1. The van der Waals surface area contributed by atoms with Crippen LogP contribution in [0.15, 0.2) is 72.8 Å². The maximum Gasteiger partial charge on any atom is 0.252 e. The number of hydrogen-bond donors (Lipinski definition) is 1. The molecule has 0 saturated carbocycles. The Bertz CT molecular complexity index is 849. The first-order valence-corrected chi connectivity index (χ1v) is 8.57. The van der Waals surface area contributed by atoms with Crippen LogP contribution >= 0.6 is 0 Å². The minimum Gasteiger partial charge on any atom is -0.372 e. The topological polar surface area (TPSA) is 38.3 Å². The fourth-order valence-corrected chi connectivity index (χ4v) is 3.25. The van der Waals surface area contributed by atoms with Crippen molar-refractivity contribution >= 4 is 16.7 Å². The minimum absolute atomic E-state index is 0.0809. The van der Waals surface area contributed by atoms with Crippen LogP contribution < -0.4 is 5.32 Å². The second kappa shape index (κ2) is 7.49. The number of amides is 1. The summed E-state index contributed by atoms with van der Waals surface area (Å²) in [5.41, 5.74) is 1.23. The van der Waals surface area contributed by atoms with Crippen molar-refractivity contribution in [1.82, 2.24) is 5.32 Å². The van der Waals surface area contributed by atoms with Gasteiger partial charge in [0.15, 0.2) is 0 Å². The molecule has 3 rings (SSSR count). The lowest BCUT2D eigenvalue weighted by molar-refractivity contribution is -0.0164. The highest BCUT2D eigenvalue weighted by atomic mass is 16.5. The van der Waals surface area contributed by atoms with E-state index in [0.717, 1.165) is 22.8 Å². The Kier molecular flexibility index (Phi) is 5.15. The Morgan fingerprint density at radius 2 is 1.64 bits per heavy atom. The molecule has 0 radical (unpaired) electrons. The molecule has 128 valence electrons. The van der Waals surface area contributed by atoms with Gasteiger partial charge in [0.25, 0.3) is 5.91 Å². The molecule has 0 aliphatic carbocycles. The Hall–Kier alpha value is -2.65. The number of hydrogen-bond acceptors (Lipinski definition) is 2. The van der Waals surface area contributed by atoms with Crippen LogP contribution in [0, 0.1) is 0 Å². The molecule has 0 aliphatic rings. The third kappa shape index (κ3) is 3.42. The molecule has 3 nitrogen and oxygen atoms in total. The van der Waals surface area contributed by atoms with Gasteiger partial charge in [-0.25, -0.2) is 0 Å². The van der Waals surface area contributed by atoms with E-state index in [1.807, 2.05) is 72.8 Å². The Labute approximate surface area is 148 Å². The van der Waals surface area contributed by atoms with Crippen LogP contribution in [0.1, 0.15) is 29.3 Å². The van der Waals surface area contributed by atoms with Crippen LogP contribution in [0.5, 0.6) is 0 Å². The predicted molar refractivity (Wildman–Crippen MR) is 102 cm³/mol. The quantitative estimate of drug-likeness (QED) is 0.720. The molecule has 0 unspecified atom stereocenters. The van der Waals surface area contributed by atoms with E-state index in [0.29, 0.717) is 12.1 Å². The van der Waals surface area contributed by atoms with Crippen molar-refractivity contribution in [2.24, 2.45) is 0 Å². The molecule has 0 aromatic heterocycles. The maximum absolute atomic E-state index is 12.8. The highest BCUT2D eigenvalue weighted by Gasteiger charge is 2.30. The second-order valence-electron chi connectivity index (χ2n) is 6.13. The van der Waals surface area contributed by atoms with Gasteiger partial charge in [-0.1, -0.05) is 73.7 Å². The highest BCUT2D eigenvalue weighted by molar-refractivity contribution is 6.07. The van der Waals surface area contributed by atoms with Crippen molar-refractivity contribution < 1.29 is 9.53 Å². The molecule has 0 heterocycles. The lowest BCUT2D eigenvalue weighted by Gasteiger charge is -2.32. The summed E-state index contributed by atoms with van der Waals surface area (Å²) in [6.07, 6.45) is 0.767. The average Bonchev–Trinajstić information content (AvgIpc) is 2.69. The van der Waals surface area contributed by atoms with E-state index in [4.69, 9.17) is 4.74 Å². The summed E-state index contributed by atoms with van der Waals surface area (Å²) in [5.74, 6) is -0.0809. The molecule has 25 heavy (non-hydrogen) atoms. The molecule has 3 aromatic rings. The maximum atomic E-state index is 12.8. The van der Waals surface area contributed by atoms with Gasteiger partial charge in [-0.15, -0.1) is 0 Å². The lowest BCUT2D eigenvalue weighted by Crippen LogP contribution is -2.42. The van der Waals surface area contributed by atoms with Crippen molar-refractivity contribution in [3.8, 4) is 0 Å². The molecular formula is C22H23NO2. The molecule has 3 heteroatoms. The van der Waals surface area contributed by atoms with Crippen molar-refractivity contribution in [3.63, 3.8) is 0 Å².